The van der Waals surface area contributed by atoms with Gasteiger partial charge < -0.3 is 14.5 Å². The van der Waals surface area contributed by atoms with Crippen molar-refractivity contribution in [2.75, 3.05) is 0 Å². The SMILES string of the molecule is c1ccc(C2=NC(n3c4ccccc4c4cc5c6ccccc6n(-c6ccccc6)c5cc43)NC(c3cccc4c3sc3ccccc34)=N2)cc1. The predicted molar refractivity (Wildman–Crippen MR) is 215 cm³/mol. The summed E-state index contributed by atoms with van der Waals surface area (Å²) in [6.07, 6.45) is -0.452. The first kappa shape index (κ1) is 28.3. The average Bonchev–Trinajstić information content (AvgIpc) is 3.85. The molecule has 0 spiro atoms. The van der Waals surface area contributed by atoms with Gasteiger partial charge in [0.2, 0.25) is 6.29 Å². The molecule has 0 bridgehead atoms. The summed E-state index contributed by atoms with van der Waals surface area (Å²) in [5.41, 5.74) is 7.77. The Morgan fingerprint density at radius 3 is 1.98 bits per heavy atom. The molecule has 1 unspecified atom stereocenters. The van der Waals surface area contributed by atoms with Crippen molar-refractivity contribution in [1.29, 1.82) is 0 Å². The molecule has 1 aliphatic rings. The molecule has 10 aromatic rings. The minimum Gasteiger partial charge on any atom is -0.331 e. The zero-order chi connectivity index (χ0) is 33.5. The van der Waals surface area contributed by atoms with Crippen LogP contribution in [0.15, 0.2) is 174 Å². The molecule has 0 saturated carbocycles. The number of hydrogen-bond donors (Lipinski definition) is 1. The molecule has 0 radical (unpaired) electrons. The fraction of sp³-hybridized carbons (Fsp3) is 0.0222. The monoisotopic (exact) mass is 671 g/mol. The molecule has 51 heavy (non-hydrogen) atoms. The third-order valence-corrected chi connectivity index (χ3v) is 11.4. The van der Waals surface area contributed by atoms with E-state index >= 15 is 0 Å². The number of para-hydroxylation sites is 3. The third-order valence-electron chi connectivity index (χ3n) is 10.2. The highest BCUT2D eigenvalue weighted by molar-refractivity contribution is 7.26. The van der Waals surface area contributed by atoms with Gasteiger partial charge in [0.15, 0.2) is 5.84 Å². The van der Waals surface area contributed by atoms with E-state index in [0.29, 0.717) is 5.84 Å². The van der Waals surface area contributed by atoms with Crippen molar-refractivity contribution >= 4 is 86.8 Å². The van der Waals surface area contributed by atoms with E-state index in [0.717, 1.165) is 39.2 Å². The Morgan fingerprint density at radius 1 is 0.510 bits per heavy atom. The number of aromatic nitrogens is 2. The maximum atomic E-state index is 5.37. The third kappa shape index (κ3) is 4.27. The van der Waals surface area contributed by atoms with E-state index in [1.54, 1.807) is 0 Å². The van der Waals surface area contributed by atoms with E-state index < -0.39 is 6.29 Å². The van der Waals surface area contributed by atoms with Crippen molar-refractivity contribution in [3.63, 3.8) is 0 Å². The zero-order valence-corrected chi connectivity index (χ0v) is 28.2. The number of fused-ring (bicyclic) bond motifs is 9. The number of nitrogens with one attached hydrogen (secondary N) is 1. The molecular formula is C45H29N5S. The van der Waals surface area contributed by atoms with E-state index in [4.69, 9.17) is 9.98 Å². The average molecular weight is 672 g/mol. The van der Waals surface area contributed by atoms with Crippen LogP contribution in [-0.4, -0.2) is 20.8 Å². The first-order valence-corrected chi connectivity index (χ1v) is 18.0. The summed E-state index contributed by atoms with van der Waals surface area (Å²) in [6.45, 7) is 0. The molecule has 240 valence electrons. The summed E-state index contributed by atoms with van der Waals surface area (Å²) in [4.78, 5) is 10.6. The minimum atomic E-state index is -0.452. The molecular weight excluding hydrogens is 643 g/mol. The summed E-state index contributed by atoms with van der Waals surface area (Å²) in [5.74, 6) is 1.52. The Labute approximate surface area is 297 Å². The molecule has 1 atom stereocenters. The van der Waals surface area contributed by atoms with E-state index in [-0.39, 0.29) is 0 Å². The highest BCUT2D eigenvalue weighted by atomic mass is 32.1. The number of aliphatic imine (C=N–C) groups is 2. The molecule has 7 aromatic carbocycles. The minimum absolute atomic E-state index is 0.452. The summed E-state index contributed by atoms with van der Waals surface area (Å²) < 4.78 is 7.23. The van der Waals surface area contributed by atoms with Gasteiger partial charge in [-0.1, -0.05) is 115 Å². The lowest BCUT2D eigenvalue weighted by atomic mass is 10.1. The molecule has 4 heterocycles. The van der Waals surface area contributed by atoms with Gasteiger partial charge in [-0.2, -0.15) is 0 Å². The van der Waals surface area contributed by atoms with Gasteiger partial charge in [0, 0.05) is 58.5 Å². The van der Waals surface area contributed by atoms with Crippen LogP contribution in [0.5, 0.6) is 0 Å². The maximum Gasteiger partial charge on any atom is 0.204 e. The molecule has 11 rings (SSSR count). The zero-order valence-electron chi connectivity index (χ0n) is 27.4. The molecule has 0 fully saturated rings. The lowest BCUT2D eigenvalue weighted by molar-refractivity contribution is 0.516. The van der Waals surface area contributed by atoms with Crippen LogP contribution in [0.1, 0.15) is 17.4 Å². The predicted octanol–water partition coefficient (Wildman–Crippen LogP) is 11.2. The Hall–Kier alpha value is -6.50. The fourth-order valence-electron chi connectivity index (χ4n) is 7.94. The van der Waals surface area contributed by atoms with E-state index in [2.05, 4.69) is 172 Å². The molecule has 1 aliphatic heterocycles. The van der Waals surface area contributed by atoms with Crippen LogP contribution in [0.4, 0.5) is 0 Å². The second kappa shape index (κ2) is 11.0. The Morgan fingerprint density at radius 2 is 1.16 bits per heavy atom. The second-order valence-electron chi connectivity index (χ2n) is 13.0. The van der Waals surface area contributed by atoms with Gasteiger partial charge in [-0.05, 0) is 48.5 Å². The molecule has 6 heteroatoms. The quantitative estimate of drug-likeness (QED) is 0.199. The van der Waals surface area contributed by atoms with E-state index in [9.17, 15) is 0 Å². The molecule has 1 N–H and O–H groups in total. The molecule has 5 nitrogen and oxygen atoms in total. The second-order valence-corrected chi connectivity index (χ2v) is 14.1. The van der Waals surface area contributed by atoms with Gasteiger partial charge in [0.05, 0.1) is 22.1 Å². The summed E-state index contributed by atoms with van der Waals surface area (Å²) in [5, 5.41) is 11.2. The molecule has 0 amide bonds. The highest BCUT2D eigenvalue weighted by Gasteiger charge is 2.27. The summed E-state index contributed by atoms with van der Waals surface area (Å²) in [6, 6.07) is 58.3. The molecule has 3 aromatic heterocycles. The van der Waals surface area contributed by atoms with Gasteiger partial charge >= 0.3 is 0 Å². The van der Waals surface area contributed by atoms with Crippen LogP contribution >= 0.6 is 11.3 Å². The summed E-state index contributed by atoms with van der Waals surface area (Å²) in [7, 11) is 0. The highest BCUT2D eigenvalue weighted by Crippen LogP contribution is 2.41. The normalized spacial score (nSPS) is 14.9. The van der Waals surface area contributed by atoms with E-state index in [1.165, 1.54) is 47.2 Å². The van der Waals surface area contributed by atoms with Gasteiger partial charge in [-0.3, -0.25) is 0 Å². The lowest BCUT2D eigenvalue weighted by Gasteiger charge is -2.26. The number of rotatable bonds is 4. The Kier molecular flexibility index (Phi) is 6.12. The van der Waals surface area contributed by atoms with Crippen molar-refractivity contribution in [2.45, 2.75) is 6.29 Å². The number of amidine groups is 2. The standard InChI is InChI=1S/C45H29N5S/c1-3-14-28(15-4-1)43-46-44(34-22-13-21-33-32-20-9-12-25-41(32)51-42(33)34)48-45(47-43)50-38-24-11-8-19-31(38)36-26-35-30-18-7-10-23-37(30)49(39(35)27-40(36)50)29-16-5-2-6-17-29/h1-27,45H,(H,46,47,48). The largest absolute Gasteiger partial charge is 0.331 e. The van der Waals surface area contributed by atoms with Gasteiger partial charge in [-0.15, -0.1) is 11.3 Å². The van der Waals surface area contributed by atoms with Crippen LogP contribution in [-0.2, 0) is 0 Å². The first-order valence-electron chi connectivity index (χ1n) is 17.2. The van der Waals surface area contributed by atoms with Crippen molar-refractivity contribution in [1.82, 2.24) is 14.5 Å². The maximum absolute atomic E-state index is 5.37. The van der Waals surface area contributed by atoms with E-state index in [1.807, 2.05) is 17.4 Å². The van der Waals surface area contributed by atoms with Crippen molar-refractivity contribution in [3.05, 3.63) is 175 Å². The Balaban J connectivity index is 1.19. The van der Waals surface area contributed by atoms with Crippen LogP contribution in [0.3, 0.4) is 0 Å². The van der Waals surface area contributed by atoms with Crippen LogP contribution in [0.2, 0.25) is 0 Å². The molecule has 0 saturated heterocycles. The van der Waals surface area contributed by atoms with Crippen LogP contribution in [0.25, 0.3) is 69.5 Å². The van der Waals surface area contributed by atoms with Gasteiger partial charge in [-0.25, -0.2) is 9.98 Å². The number of thiophene rings is 1. The first-order chi connectivity index (χ1) is 25.3. The number of hydrogen-bond acceptors (Lipinski definition) is 4. The smallest absolute Gasteiger partial charge is 0.204 e. The van der Waals surface area contributed by atoms with Gasteiger partial charge in [0.1, 0.15) is 5.84 Å². The Bertz CT molecular complexity index is 3060. The van der Waals surface area contributed by atoms with Crippen molar-refractivity contribution in [3.8, 4) is 5.69 Å². The van der Waals surface area contributed by atoms with Crippen LogP contribution < -0.4 is 5.32 Å². The van der Waals surface area contributed by atoms with Crippen molar-refractivity contribution in [2.24, 2.45) is 9.98 Å². The number of nitrogens with zero attached hydrogens (tertiary/aromatic N) is 4. The summed E-state index contributed by atoms with van der Waals surface area (Å²) >= 11 is 1.82. The topological polar surface area (TPSA) is 46.6 Å². The fourth-order valence-corrected chi connectivity index (χ4v) is 9.15. The number of benzene rings is 7. The van der Waals surface area contributed by atoms with Crippen molar-refractivity contribution < 1.29 is 0 Å². The molecule has 0 aliphatic carbocycles. The van der Waals surface area contributed by atoms with Gasteiger partial charge in [0.25, 0.3) is 0 Å². The lowest BCUT2D eigenvalue weighted by Crippen LogP contribution is -2.36. The van der Waals surface area contributed by atoms with Crippen LogP contribution in [0, 0.1) is 0 Å².